The van der Waals surface area contributed by atoms with Gasteiger partial charge in [0.2, 0.25) is 11.7 Å². The molecule has 0 bridgehead atoms. The summed E-state index contributed by atoms with van der Waals surface area (Å²) in [5.74, 6) is -0.830. The number of carboxylic acid groups (broad SMARTS) is 1. The van der Waals surface area contributed by atoms with Gasteiger partial charge in [0.1, 0.15) is 17.1 Å². The number of carbonyl (C=O) groups is 2. The number of aromatic carboxylic acids is 1. The lowest BCUT2D eigenvalue weighted by Gasteiger charge is -2.00. The molecular weight excluding hydrogens is 352 g/mol. The summed E-state index contributed by atoms with van der Waals surface area (Å²) in [6, 6.07) is 6.30. The number of carboxylic acids is 1. The van der Waals surface area contributed by atoms with Gasteiger partial charge in [-0.2, -0.15) is 4.98 Å². The van der Waals surface area contributed by atoms with Crippen LogP contribution in [0, 0.1) is 0 Å². The first-order valence-corrected chi connectivity index (χ1v) is 8.27. The quantitative estimate of drug-likeness (QED) is 0.537. The van der Waals surface area contributed by atoms with E-state index in [2.05, 4.69) is 10.1 Å². The predicted octanol–water partition coefficient (Wildman–Crippen LogP) is 2.36. The number of carbonyl (C=O) groups excluding carboxylic acids is 1. The van der Waals surface area contributed by atoms with E-state index in [-0.39, 0.29) is 47.2 Å². The molecule has 1 aromatic carbocycles. The first-order chi connectivity index (χ1) is 12.9. The summed E-state index contributed by atoms with van der Waals surface area (Å²) in [6.07, 6.45) is 1.63. The second-order valence-corrected chi connectivity index (χ2v) is 5.88. The molecule has 0 aliphatic rings. The normalized spacial score (nSPS) is 10.9. The van der Waals surface area contributed by atoms with Gasteiger partial charge >= 0.3 is 5.97 Å². The van der Waals surface area contributed by atoms with Gasteiger partial charge in [-0.05, 0) is 31.2 Å². The molecule has 0 saturated heterocycles. The Hall–Kier alpha value is -3.62. The van der Waals surface area contributed by atoms with E-state index in [0.29, 0.717) is 17.9 Å². The van der Waals surface area contributed by atoms with Crippen molar-refractivity contribution in [2.45, 2.75) is 26.3 Å². The van der Waals surface area contributed by atoms with E-state index in [1.807, 2.05) is 0 Å². The van der Waals surface area contributed by atoms with Gasteiger partial charge in [0.15, 0.2) is 5.78 Å². The first kappa shape index (κ1) is 18.2. The number of aromatic nitrogens is 3. The van der Waals surface area contributed by atoms with Crippen molar-refractivity contribution >= 4 is 17.6 Å². The van der Waals surface area contributed by atoms with E-state index in [4.69, 9.17) is 10.3 Å². The van der Waals surface area contributed by atoms with Crippen molar-refractivity contribution in [3.63, 3.8) is 0 Å². The maximum absolute atomic E-state index is 12.5. The number of aryl methyl sites for hydroxylation is 2. The number of ketones is 1. The Morgan fingerprint density at radius 1 is 1.26 bits per heavy atom. The molecule has 9 nitrogen and oxygen atoms in total. The SMILES string of the molecule is CCn1cc(C(=O)CCc2nc(-c3ccc(O)cc3)no2)c(C(=O)O)c1N. The number of hydrogen-bond acceptors (Lipinski definition) is 7. The largest absolute Gasteiger partial charge is 0.508 e. The molecule has 0 unspecified atom stereocenters. The molecule has 140 valence electrons. The zero-order valence-electron chi connectivity index (χ0n) is 14.5. The highest BCUT2D eigenvalue weighted by Gasteiger charge is 2.24. The molecule has 9 heteroatoms. The molecule has 2 aromatic heterocycles. The molecule has 0 spiro atoms. The van der Waals surface area contributed by atoms with E-state index in [1.165, 1.54) is 22.9 Å². The van der Waals surface area contributed by atoms with Crippen LogP contribution in [-0.2, 0) is 13.0 Å². The zero-order chi connectivity index (χ0) is 19.6. The summed E-state index contributed by atoms with van der Waals surface area (Å²) >= 11 is 0. The summed E-state index contributed by atoms with van der Waals surface area (Å²) < 4.78 is 6.66. The number of benzene rings is 1. The molecule has 3 aromatic rings. The van der Waals surface area contributed by atoms with Crippen molar-refractivity contribution in [1.82, 2.24) is 14.7 Å². The Morgan fingerprint density at radius 2 is 1.96 bits per heavy atom. The molecular formula is C18H18N4O5. The molecule has 0 amide bonds. The maximum Gasteiger partial charge on any atom is 0.340 e. The standard InChI is InChI=1S/C18H18N4O5/c1-2-22-9-12(15(16(22)19)18(25)26)13(24)7-8-14-20-17(21-27-14)10-3-5-11(23)6-4-10/h3-6,9,23H,2,7-8,19H2,1H3,(H,25,26). The molecule has 3 rings (SSSR count). The number of Topliss-reactive ketones (excluding diaryl/α,β-unsaturated/α-hetero) is 1. The van der Waals surface area contributed by atoms with E-state index < -0.39 is 5.97 Å². The van der Waals surface area contributed by atoms with Crippen LogP contribution < -0.4 is 5.73 Å². The van der Waals surface area contributed by atoms with Crippen molar-refractivity contribution in [3.05, 3.63) is 47.5 Å². The Morgan fingerprint density at radius 3 is 2.59 bits per heavy atom. The number of nitrogens with two attached hydrogens (primary N) is 1. The summed E-state index contributed by atoms with van der Waals surface area (Å²) in [7, 11) is 0. The molecule has 0 atom stereocenters. The Labute approximate surface area is 154 Å². The highest BCUT2D eigenvalue weighted by molar-refractivity contribution is 6.08. The van der Waals surface area contributed by atoms with E-state index in [0.717, 1.165) is 0 Å². The lowest BCUT2D eigenvalue weighted by Crippen LogP contribution is -2.09. The Kier molecular flexibility index (Phi) is 4.93. The smallest absolute Gasteiger partial charge is 0.340 e. The van der Waals surface area contributed by atoms with Crippen molar-refractivity contribution in [2.24, 2.45) is 0 Å². The van der Waals surface area contributed by atoms with Crippen LogP contribution in [0.4, 0.5) is 5.82 Å². The Bertz CT molecular complexity index is 988. The average Bonchev–Trinajstić information content (AvgIpc) is 3.24. The second kappa shape index (κ2) is 7.32. The lowest BCUT2D eigenvalue weighted by molar-refractivity contribution is 0.0693. The molecule has 0 radical (unpaired) electrons. The zero-order valence-corrected chi connectivity index (χ0v) is 14.5. The third-order valence-electron chi connectivity index (χ3n) is 4.13. The fourth-order valence-corrected chi connectivity index (χ4v) is 2.71. The van der Waals surface area contributed by atoms with Crippen LogP contribution >= 0.6 is 0 Å². The maximum atomic E-state index is 12.5. The van der Waals surface area contributed by atoms with E-state index in [9.17, 15) is 19.8 Å². The van der Waals surface area contributed by atoms with Crippen LogP contribution in [0.1, 0.15) is 40.0 Å². The number of rotatable bonds is 7. The monoisotopic (exact) mass is 370 g/mol. The molecule has 27 heavy (non-hydrogen) atoms. The van der Waals surface area contributed by atoms with Crippen molar-refractivity contribution in [2.75, 3.05) is 5.73 Å². The van der Waals surface area contributed by atoms with Gasteiger partial charge in [0.25, 0.3) is 0 Å². The minimum Gasteiger partial charge on any atom is -0.508 e. The number of nitrogen functional groups attached to an aromatic ring is 1. The van der Waals surface area contributed by atoms with Crippen molar-refractivity contribution < 1.29 is 24.3 Å². The van der Waals surface area contributed by atoms with Crippen LogP contribution in [0.15, 0.2) is 35.0 Å². The van der Waals surface area contributed by atoms with Crippen LogP contribution in [0.3, 0.4) is 0 Å². The van der Waals surface area contributed by atoms with Gasteiger partial charge in [-0.25, -0.2) is 4.79 Å². The number of aromatic hydroxyl groups is 1. The van der Waals surface area contributed by atoms with Gasteiger partial charge in [0, 0.05) is 31.1 Å². The number of phenolic OH excluding ortho intramolecular Hbond substituents is 1. The number of hydrogen-bond donors (Lipinski definition) is 3. The lowest BCUT2D eigenvalue weighted by atomic mass is 10.1. The third-order valence-corrected chi connectivity index (χ3v) is 4.13. The highest BCUT2D eigenvalue weighted by Crippen LogP contribution is 2.23. The van der Waals surface area contributed by atoms with E-state index >= 15 is 0 Å². The second-order valence-electron chi connectivity index (χ2n) is 5.88. The molecule has 2 heterocycles. The third kappa shape index (κ3) is 3.66. The predicted molar refractivity (Wildman–Crippen MR) is 95.5 cm³/mol. The number of nitrogens with zero attached hydrogens (tertiary/aromatic N) is 3. The van der Waals surface area contributed by atoms with Gasteiger partial charge in [0.05, 0.1) is 5.56 Å². The van der Waals surface area contributed by atoms with Crippen LogP contribution in [0.5, 0.6) is 5.75 Å². The summed E-state index contributed by atoms with van der Waals surface area (Å²) in [4.78, 5) is 28.1. The topological polar surface area (TPSA) is 144 Å². The molecule has 0 aliphatic carbocycles. The number of anilines is 1. The van der Waals surface area contributed by atoms with Gasteiger partial charge in [-0.15, -0.1) is 0 Å². The fraction of sp³-hybridized carbons (Fsp3) is 0.222. The summed E-state index contributed by atoms with van der Waals surface area (Å²) in [5.41, 5.74) is 6.36. The van der Waals surface area contributed by atoms with Crippen LogP contribution in [-0.4, -0.2) is 36.7 Å². The molecule has 0 saturated carbocycles. The van der Waals surface area contributed by atoms with Crippen LogP contribution in [0.2, 0.25) is 0 Å². The minimum absolute atomic E-state index is 0.00462. The van der Waals surface area contributed by atoms with Crippen LogP contribution in [0.25, 0.3) is 11.4 Å². The van der Waals surface area contributed by atoms with Crippen molar-refractivity contribution in [1.29, 1.82) is 0 Å². The Balaban J connectivity index is 1.73. The van der Waals surface area contributed by atoms with Gasteiger partial charge in [-0.3, -0.25) is 4.79 Å². The van der Waals surface area contributed by atoms with E-state index in [1.54, 1.807) is 19.1 Å². The molecule has 4 N–H and O–H groups in total. The molecule has 0 fully saturated rings. The molecule has 0 aliphatic heterocycles. The fourth-order valence-electron chi connectivity index (χ4n) is 2.71. The summed E-state index contributed by atoms with van der Waals surface area (Å²) in [5, 5.41) is 22.5. The first-order valence-electron chi connectivity index (χ1n) is 8.27. The number of phenols is 1. The van der Waals surface area contributed by atoms with Gasteiger partial charge < -0.3 is 25.0 Å². The minimum atomic E-state index is -1.24. The van der Waals surface area contributed by atoms with Crippen molar-refractivity contribution in [3.8, 4) is 17.1 Å². The summed E-state index contributed by atoms with van der Waals surface area (Å²) in [6.45, 7) is 2.26. The van der Waals surface area contributed by atoms with Gasteiger partial charge in [-0.1, -0.05) is 5.16 Å². The average molecular weight is 370 g/mol. The highest BCUT2D eigenvalue weighted by atomic mass is 16.5.